The van der Waals surface area contributed by atoms with Gasteiger partial charge in [0.2, 0.25) is 5.82 Å². The fourth-order valence-electron chi connectivity index (χ4n) is 1.25. The highest BCUT2D eigenvalue weighted by atomic mass is 16.6. The molecular formula is C9H9N3O4. The van der Waals surface area contributed by atoms with Crippen molar-refractivity contribution in [2.45, 2.75) is 18.9 Å². The molecule has 1 fully saturated rings. The van der Waals surface area contributed by atoms with Crippen molar-refractivity contribution >= 4 is 17.5 Å². The molecule has 84 valence electrons. The van der Waals surface area contributed by atoms with Gasteiger partial charge in [-0.15, -0.1) is 0 Å². The lowest BCUT2D eigenvalue weighted by Gasteiger charge is -2.04. The molecule has 0 bridgehead atoms. The van der Waals surface area contributed by atoms with Gasteiger partial charge in [0, 0.05) is 12.1 Å². The van der Waals surface area contributed by atoms with Crippen LogP contribution in [0, 0.1) is 10.1 Å². The van der Waals surface area contributed by atoms with Gasteiger partial charge < -0.3 is 10.4 Å². The summed E-state index contributed by atoms with van der Waals surface area (Å²) in [6.07, 6.45) is 1.85. The van der Waals surface area contributed by atoms with E-state index in [-0.39, 0.29) is 23.2 Å². The van der Waals surface area contributed by atoms with E-state index in [9.17, 15) is 14.9 Å². The molecule has 7 heteroatoms. The summed E-state index contributed by atoms with van der Waals surface area (Å²) in [5.74, 6) is -1.17. The van der Waals surface area contributed by atoms with Gasteiger partial charge in [0.1, 0.15) is 0 Å². The second kappa shape index (κ2) is 3.76. The molecule has 0 spiro atoms. The van der Waals surface area contributed by atoms with Gasteiger partial charge in [0.25, 0.3) is 0 Å². The van der Waals surface area contributed by atoms with Crippen molar-refractivity contribution in [2.24, 2.45) is 0 Å². The Labute approximate surface area is 90.3 Å². The first-order chi connectivity index (χ1) is 7.58. The summed E-state index contributed by atoms with van der Waals surface area (Å²) in [6.45, 7) is 0. The number of nitrogens with one attached hydrogen (secondary N) is 1. The van der Waals surface area contributed by atoms with E-state index >= 15 is 0 Å². The van der Waals surface area contributed by atoms with E-state index in [1.165, 1.54) is 0 Å². The molecule has 0 radical (unpaired) electrons. The predicted octanol–water partition coefficient (Wildman–Crippen LogP) is 1.26. The van der Waals surface area contributed by atoms with Crippen molar-refractivity contribution in [3.8, 4) is 0 Å². The number of hydrogen-bond acceptors (Lipinski definition) is 5. The second-order valence-electron chi connectivity index (χ2n) is 3.55. The highest BCUT2D eigenvalue weighted by Gasteiger charge is 2.26. The highest BCUT2D eigenvalue weighted by Crippen LogP contribution is 2.29. The fraction of sp³-hybridized carbons (Fsp3) is 0.333. The molecule has 2 N–H and O–H groups in total. The third-order valence-corrected chi connectivity index (χ3v) is 2.21. The van der Waals surface area contributed by atoms with Crippen LogP contribution in [0.15, 0.2) is 12.1 Å². The lowest BCUT2D eigenvalue weighted by Crippen LogP contribution is -2.09. The topological polar surface area (TPSA) is 105 Å². The molecule has 1 aliphatic rings. The number of nitrogens with zero attached hydrogens (tertiary/aromatic N) is 2. The van der Waals surface area contributed by atoms with Gasteiger partial charge in [-0.2, -0.15) is 0 Å². The molecule has 1 aromatic rings. The lowest BCUT2D eigenvalue weighted by molar-refractivity contribution is -0.384. The molecule has 0 unspecified atom stereocenters. The minimum Gasteiger partial charge on any atom is -0.477 e. The fourth-order valence-corrected chi connectivity index (χ4v) is 1.25. The Hall–Kier alpha value is -2.18. The molecule has 1 heterocycles. The zero-order chi connectivity index (χ0) is 11.7. The maximum atomic E-state index is 10.7. The van der Waals surface area contributed by atoms with E-state index in [1.807, 2.05) is 0 Å². The molecular weight excluding hydrogens is 214 g/mol. The van der Waals surface area contributed by atoms with Crippen LogP contribution in [0.1, 0.15) is 23.3 Å². The van der Waals surface area contributed by atoms with Crippen LogP contribution in [-0.2, 0) is 0 Å². The van der Waals surface area contributed by atoms with E-state index < -0.39 is 10.9 Å². The van der Waals surface area contributed by atoms with Gasteiger partial charge in [-0.1, -0.05) is 0 Å². The van der Waals surface area contributed by atoms with E-state index in [4.69, 9.17) is 5.11 Å². The average molecular weight is 223 g/mol. The Bertz CT molecular complexity index is 456. The summed E-state index contributed by atoms with van der Waals surface area (Å²) in [7, 11) is 0. The van der Waals surface area contributed by atoms with Gasteiger partial charge in [-0.25, -0.2) is 9.78 Å². The molecule has 1 aromatic heterocycles. The highest BCUT2D eigenvalue weighted by molar-refractivity contribution is 5.86. The van der Waals surface area contributed by atoms with Crippen molar-refractivity contribution in [1.82, 2.24) is 4.98 Å². The smallest absolute Gasteiger partial charge is 0.354 e. The standard InChI is InChI=1S/C9H9N3O4/c13-9(14)6-3-4-7(12(15)16)8(11-6)10-5-1-2-5/h3-5H,1-2H2,(H,10,11)(H,13,14). The lowest BCUT2D eigenvalue weighted by atomic mass is 10.3. The molecule has 0 atom stereocenters. The number of aromatic carboxylic acids is 1. The van der Waals surface area contributed by atoms with Crippen LogP contribution in [0.4, 0.5) is 11.5 Å². The first-order valence-corrected chi connectivity index (χ1v) is 4.73. The number of rotatable bonds is 4. The summed E-state index contributed by atoms with van der Waals surface area (Å²) in [5.41, 5.74) is -0.398. The maximum Gasteiger partial charge on any atom is 0.354 e. The number of carboxylic acids is 1. The van der Waals surface area contributed by atoms with Gasteiger partial charge in [0.15, 0.2) is 5.69 Å². The molecule has 0 aromatic carbocycles. The van der Waals surface area contributed by atoms with Crippen LogP contribution in [0.25, 0.3) is 0 Å². The molecule has 7 nitrogen and oxygen atoms in total. The summed E-state index contributed by atoms with van der Waals surface area (Å²) < 4.78 is 0. The Morgan fingerprint density at radius 2 is 2.25 bits per heavy atom. The largest absolute Gasteiger partial charge is 0.477 e. The van der Waals surface area contributed by atoms with Crippen LogP contribution in [-0.4, -0.2) is 27.0 Å². The summed E-state index contributed by atoms with van der Waals surface area (Å²) in [6, 6.07) is 2.45. The normalized spacial score (nSPS) is 14.5. The summed E-state index contributed by atoms with van der Waals surface area (Å²) >= 11 is 0. The molecule has 0 aliphatic heterocycles. The number of anilines is 1. The number of carbonyl (C=O) groups is 1. The summed E-state index contributed by atoms with van der Waals surface area (Å²) in [4.78, 5) is 24.5. The van der Waals surface area contributed by atoms with E-state index in [1.54, 1.807) is 0 Å². The molecule has 2 rings (SSSR count). The number of pyridine rings is 1. The van der Waals surface area contributed by atoms with Gasteiger partial charge >= 0.3 is 11.7 Å². The Morgan fingerprint density at radius 3 is 2.75 bits per heavy atom. The van der Waals surface area contributed by atoms with E-state index in [0.717, 1.165) is 25.0 Å². The van der Waals surface area contributed by atoms with Crippen molar-refractivity contribution < 1.29 is 14.8 Å². The third kappa shape index (κ3) is 2.08. The van der Waals surface area contributed by atoms with Crippen molar-refractivity contribution in [1.29, 1.82) is 0 Å². The zero-order valence-electron chi connectivity index (χ0n) is 8.21. The number of nitro groups is 1. The predicted molar refractivity (Wildman–Crippen MR) is 54.5 cm³/mol. The Kier molecular flexibility index (Phi) is 2.43. The summed E-state index contributed by atoms with van der Waals surface area (Å²) in [5, 5.41) is 22.3. The average Bonchev–Trinajstić information content (AvgIpc) is 3.01. The van der Waals surface area contributed by atoms with Gasteiger partial charge in [-0.05, 0) is 18.9 Å². The maximum absolute atomic E-state index is 10.7. The van der Waals surface area contributed by atoms with Crippen LogP contribution in [0.5, 0.6) is 0 Å². The number of aromatic nitrogens is 1. The van der Waals surface area contributed by atoms with Crippen LogP contribution < -0.4 is 5.32 Å². The molecule has 0 amide bonds. The monoisotopic (exact) mass is 223 g/mol. The van der Waals surface area contributed by atoms with Gasteiger partial charge in [0.05, 0.1) is 4.92 Å². The molecule has 0 saturated heterocycles. The quantitative estimate of drug-likeness (QED) is 0.588. The van der Waals surface area contributed by atoms with E-state index in [2.05, 4.69) is 10.3 Å². The second-order valence-corrected chi connectivity index (χ2v) is 3.55. The van der Waals surface area contributed by atoms with Crippen LogP contribution in [0.2, 0.25) is 0 Å². The Morgan fingerprint density at radius 1 is 1.56 bits per heavy atom. The number of carboxylic acid groups (broad SMARTS) is 1. The molecule has 1 saturated carbocycles. The molecule has 16 heavy (non-hydrogen) atoms. The third-order valence-electron chi connectivity index (χ3n) is 2.21. The molecule has 1 aliphatic carbocycles. The minimum atomic E-state index is -1.20. The van der Waals surface area contributed by atoms with E-state index in [0.29, 0.717) is 0 Å². The Balaban J connectivity index is 2.37. The first-order valence-electron chi connectivity index (χ1n) is 4.73. The minimum absolute atomic E-state index is 0.0346. The number of hydrogen-bond donors (Lipinski definition) is 2. The van der Waals surface area contributed by atoms with Crippen LogP contribution in [0.3, 0.4) is 0 Å². The van der Waals surface area contributed by atoms with Crippen molar-refractivity contribution in [3.05, 3.63) is 27.9 Å². The van der Waals surface area contributed by atoms with Gasteiger partial charge in [-0.3, -0.25) is 10.1 Å². The van der Waals surface area contributed by atoms with Crippen molar-refractivity contribution in [3.63, 3.8) is 0 Å². The zero-order valence-corrected chi connectivity index (χ0v) is 8.21. The SMILES string of the molecule is O=C(O)c1ccc([N+](=O)[O-])c(NC2CC2)n1. The first kappa shape index (κ1) is 10.3. The van der Waals surface area contributed by atoms with Crippen LogP contribution >= 0.6 is 0 Å². The van der Waals surface area contributed by atoms with Crippen molar-refractivity contribution in [2.75, 3.05) is 5.32 Å².